The lowest BCUT2D eigenvalue weighted by Gasteiger charge is -2.18. The van der Waals surface area contributed by atoms with E-state index in [0.29, 0.717) is 6.04 Å². The Labute approximate surface area is 106 Å². The standard InChI is InChI=1S/C13H19BrN2/c1-9-6-11(14)7-10(2)13(9)15-12-4-5-16(3)8-12/h6-7,12,15H,4-5,8H2,1-3H3. The van der Waals surface area contributed by atoms with Gasteiger partial charge in [-0.3, -0.25) is 0 Å². The van der Waals surface area contributed by atoms with Gasteiger partial charge in [0.05, 0.1) is 0 Å². The third-order valence-electron chi connectivity index (χ3n) is 3.24. The third kappa shape index (κ3) is 2.58. The van der Waals surface area contributed by atoms with E-state index in [4.69, 9.17) is 0 Å². The molecule has 1 aromatic rings. The van der Waals surface area contributed by atoms with Gasteiger partial charge in [-0.15, -0.1) is 0 Å². The van der Waals surface area contributed by atoms with E-state index in [1.165, 1.54) is 29.8 Å². The smallest absolute Gasteiger partial charge is 0.0402 e. The minimum Gasteiger partial charge on any atom is -0.381 e. The maximum absolute atomic E-state index is 3.67. The maximum Gasteiger partial charge on any atom is 0.0402 e. The van der Waals surface area contributed by atoms with Crippen LogP contribution in [0.25, 0.3) is 0 Å². The molecular weight excluding hydrogens is 264 g/mol. The Kier molecular flexibility index (Phi) is 3.55. The number of nitrogens with zero attached hydrogens (tertiary/aromatic N) is 1. The van der Waals surface area contributed by atoms with Crippen LogP contribution in [0, 0.1) is 13.8 Å². The van der Waals surface area contributed by atoms with E-state index in [0.717, 1.165) is 11.0 Å². The van der Waals surface area contributed by atoms with Gasteiger partial charge in [-0.05, 0) is 57.1 Å². The average Bonchev–Trinajstić information content (AvgIpc) is 2.58. The molecule has 0 amide bonds. The van der Waals surface area contributed by atoms with Gasteiger partial charge in [0, 0.05) is 22.7 Å². The highest BCUT2D eigenvalue weighted by molar-refractivity contribution is 9.10. The zero-order valence-electron chi connectivity index (χ0n) is 10.2. The summed E-state index contributed by atoms with van der Waals surface area (Å²) >= 11 is 3.53. The summed E-state index contributed by atoms with van der Waals surface area (Å²) in [6.45, 7) is 6.68. The van der Waals surface area contributed by atoms with Crippen LogP contribution >= 0.6 is 15.9 Å². The second-order valence-corrected chi connectivity index (χ2v) is 5.72. The van der Waals surface area contributed by atoms with E-state index < -0.39 is 0 Å². The molecule has 0 saturated carbocycles. The van der Waals surface area contributed by atoms with Crippen molar-refractivity contribution in [2.24, 2.45) is 0 Å². The minimum atomic E-state index is 0.601. The Morgan fingerprint density at radius 2 is 1.94 bits per heavy atom. The summed E-state index contributed by atoms with van der Waals surface area (Å²) in [6.07, 6.45) is 1.24. The van der Waals surface area contributed by atoms with Crippen molar-refractivity contribution in [3.05, 3.63) is 27.7 Å². The maximum atomic E-state index is 3.67. The van der Waals surface area contributed by atoms with Crippen LogP contribution in [0.2, 0.25) is 0 Å². The zero-order valence-corrected chi connectivity index (χ0v) is 11.8. The van der Waals surface area contributed by atoms with Gasteiger partial charge in [0.25, 0.3) is 0 Å². The lowest BCUT2D eigenvalue weighted by molar-refractivity contribution is 0.414. The molecule has 2 nitrogen and oxygen atoms in total. The van der Waals surface area contributed by atoms with Crippen molar-refractivity contribution in [1.82, 2.24) is 4.90 Å². The van der Waals surface area contributed by atoms with Crippen LogP contribution in [0.15, 0.2) is 16.6 Å². The Balaban J connectivity index is 2.15. The van der Waals surface area contributed by atoms with Crippen molar-refractivity contribution in [2.75, 3.05) is 25.5 Å². The zero-order chi connectivity index (χ0) is 11.7. The van der Waals surface area contributed by atoms with Crippen LogP contribution in [0.3, 0.4) is 0 Å². The Hall–Kier alpha value is -0.540. The number of benzene rings is 1. The summed E-state index contributed by atoms with van der Waals surface area (Å²) in [7, 11) is 2.18. The number of nitrogens with one attached hydrogen (secondary N) is 1. The second-order valence-electron chi connectivity index (χ2n) is 4.81. The van der Waals surface area contributed by atoms with E-state index in [1.54, 1.807) is 0 Å². The van der Waals surface area contributed by atoms with Gasteiger partial charge in [-0.25, -0.2) is 0 Å². The first-order valence-electron chi connectivity index (χ1n) is 5.78. The molecule has 1 fully saturated rings. The summed E-state index contributed by atoms with van der Waals surface area (Å²) in [5.41, 5.74) is 3.95. The first-order chi connectivity index (χ1) is 7.56. The van der Waals surface area contributed by atoms with Gasteiger partial charge >= 0.3 is 0 Å². The highest BCUT2D eigenvalue weighted by atomic mass is 79.9. The van der Waals surface area contributed by atoms with E-state index in [2.05, 4.69) is 59.2 Å². The Morgan fingerprint density at radius 3 is 2.44 bits per heavy atom. The average molecular weight is 283 g/mol. The molecule has 1 atom stereocenters. The first-order valence-corrected chi connectivity index (χ1v) is 6.57. The summed E-state index contributed by atoms with van der Waals surface area (Å²) in [6, 6.07) is 4.95. The summed E-state index contributed by atoms with van der Waals surface area (Å²) < 4.78 is 1.16. The molecular formula is C13H19BrN2. The van der Waals surface area contributed by atoms with E-state index in [9.17, 15) is 0 Å². The van der Waals surface area contributed by atoms with Crippen LogP contribution in [0.5, 0.6) is 0 Å². The van der Waals surface area contributed by atoms with Gasteiger partial charge in [-0.1, -0.05) is 15.9 Å². The number of rotatable bonds is 2. The monoisotopic (exact) mass is 282 g/mol. The minimum absolute atomic E-state index is 0.601. The molecule has 16 heavy (non-hydrogen) atoms. The largest absolute Gasteiger partial charge is 0.381 e. The number of aryl methyl sites for hydroxylation is 2. The lowest BCUT2D eigenvalue weighted by Crippen LogP contribution is -2.24. The van der Waals surface area contributed by atoms with Crippen molar-refractivity contribution in [2.45, 2.75) is 26.3 Å². The predicted octanol–water partition coefficient (Wildman–Crippen LogP) is 3.18. The second kappa shape index (κ2) is 4.76. The summed E-state index contributed by atoms with van der Waals surface area (Å²) in [5.74, 6) is 0. The molecule has 0 aromatic heterocycles. The van der Waals surface area contributed by atoms with Crippen LogP contribution in [0.1, 0.15) is 17.5 Å². The fourth-order valence-corrected chi connectivity index (χ4v) is 3.08. The molecule has 0 radical (unpaired) electrons. The molecule has 0 spiro atoms. The highest BCUT2D eigenvalue weighted by Gasteiger charge is 2.20. The van der Waals surface area contributed by atoms with Crippen molar-refractivity contribution < 1.29 is 0 Å². The molecule has 1 N–H and O–H groups in total. The lowest BCUT2D eigenvalue weighted by atomic mass is 10.1. The van der Waals surface area contributed by atoms with E-state index in [-0.39, 0.29) is 0 Å². The van der Waals surface area contributed by atoms with Gasteiger partial charge in [0.2, 0.25) is 0 Å². The molecule has 0 bridgehead atoms. The molecule has 0 aliphatic carbocycles. The molecule has 1 aliphatic rings. The Bertz CT molecular complexity index is 367. The first kappa shape index (κ1) is 11.9. The molecule has 2 rings (SSSR count). The number of hydrogen-bond donors (Lipinski definition) is 1. The van der Waals surface area contributed by atoms with Crippen molar-refractivity contribution in [3.8, 4) is 0 Å². The van der Waals surface area contributed by atoms with Gasteiger partial charge in [-0.2, -0.15) is 0 Å². The SMILES string of the molecule is Cc1cc(Br)cc(C)c1NC1CCN(C)C1. The van der Waals surface area contributed by atoms with Crippen LogP contribution in [-0.2, 0) is 0 Å². The Morgan fingerprint density at radius 1 is 1.31 bits per heavy atom. The molecule has 1 aliphatic heterocycles. The number of halogens is 1. The summed E-state index contributed by atoms with van der Waals surface area (Å²) in [4.78, 5) is 2.38. The van der Waals surface area contributed by atoms with E-state index >= 15 is 0 Å². The fourth-order valence-electron chi connectivity index (χ4n) is 2.40. The van der Waals surface area contributed by atoms with Crippen LogP contribution < -0.4 is 5.32 Å². The molecule has 3 heteroatoms. The topological polar surface area (TPSA) is 15.3 Å². The summed E-state index contributed by atoms with van der Waals surface area (Å²) in [5, 5.41) is 3.67. The molecule has 1 unspecified atom stereocenters. The molecule has 1 saturated heterocycles. The van der Waals surface area contributed by atoms with Crippen LogP contribution in [-0.4, -0.2) is 31.1 Å². The number of anilines is 1. The third-order valence-corrected chi connectivity index (χ3v) is 3.70. The number of likely N-dealkylation sites (N-methyl/N-ethyl adjacent to an activating group) is 1. The number of likely N-dealkylation sites (tertiary alicyclic amines) is 1. The quantitative estimate of drug-likeness (QED) is 0.896. The molecule has 1 aromatic carbocycles. The van der Waals surface area contributed by atoms with Gasteiger partial charge in [0.15, 0.2) is 0 Å². The fraction of sp³-hybridized carbons (Fsp3) is 0.538. The highest BCUT2D eigenvalue weighted by Crippen LogP contribution is 2.26. The number of hydrogen-bond acceptors (Lipinski definition) is 2. The van der Waals surface area contributed by atoms with Crippen molar-refractivity contribution in [3.63, 3.8) is 0 Å². The molecule has 88 valence electrons. The van der Waals surface area contributed by atoms with Gasteiger partial charge < -0.3 is 10.2 Å². The normalized spacial score (nSPS) is 21.4. The predicted molar refractivity (Wildman–Crippen MR) is 73.1 cm³/mol. The van der Waals surface area contributed by atoms with E-state index in [1.807, 2.05) is 0 Å². The molecule has 1 heterocycles. The van der Waals surface area contributed by atoms with Crippen molar-refractivity contribution in [1.29, 1.82) is 0 Å². The van der Waals surface area contributed by atoms with Gasteiger partial charge in [0.1, 0.15) is 0 Å². The van der Waals surface area contributed by atoms with Crippen molar-refractivity contribution >= 4 is 21.6 Å². The van der Waals surface area contributed by atoms with Crippen LogP contribution in [0.4, 0.5) is 5.69 Å².